The molecule has 0 saturated heterocycles. The number of hydrogen-bond donors (Lipinski definition) is 2. The molecule has 5 aromatic rings. The molecule has 0 radical (unpaired) electrons. The predicted molar refractivity (Wildman–Crippen MR) is 117 cm³/mol. The second kappa shape index (κ2) is 6.44. The lowest BCUT2D eigenvalue weighted by Crippen LogP contribution is -2.06. The van der Waals surface area contributed by atoms with E-state index in [0.717, 1.165) is 33.9 Å². The smallest absolute Gasteiger partial charge is 0.206 e. The van der Waals surface area contributed by atoms with Crippen LogP contribution in [0.4, 0.5) is 11.8 Å². The SMILES string of the molecule is Cc1cc(C)c2nc(-n3nc(C)cc3Nc3nc4ccccc4[nH]3)cc(C)c2c1. The zero-order chi connectivity index (χ0) is 20.1. The number of fused-ring (bicyclic) bond motifs is 2. The first-order chi connectivity index (χ1) is 14.0. The average Bonchev–Trinajstić information content (AvgIpc) is 3.25. The summed E-state index contributed by atoms with van der Waals surface area (Å²) in [6.07, 6.45) is 0. The van der Waals surface area contributed by atoms with Crippen LogP contribution in [0.2, 0.25) is 0 Å². The summed E-state index contributed by atoms with van der Waals surface area (Å²) in [5.74, 6) is 2.28. The first-order valence-corrected chi connectivity index (χ1v) is 9.65. The number of benzene rings is 2. The highest BCUT2D eigenvalue weighted by atomic mass is 15.4. The molecule has 3 heterocycles. The van der Waals surface area contributed by atoms with E-state index < -0.39 is 0 Å². The van der Waals surface area contributed by atoms with Gasteiger partial charge in [-0.25, -0.2) is 9.97 Å². The molecule has 2 aromatic carbocycles. The standard InChI is InChI=1S/C23H22N6/c1-13-9-15(3)22-17(10-13)14(2)11-20(26-22)29-21(12-16(4)28-29)27-23-24-18-7-5-6-8-19(18)25-23/h5-12H,1-4H3,(H2,24,25,27). The number of para-hydroxylation sites is 2. The minimum absolute atomic E-state index is 0.677. The number of H-pyrrole nitrogens is 1. The van der Waals surface area contributed by atoms with Crippen molar-refractivity contribution in [3.8, 4) is 5.82 Å². The minimum atomic E-state index is 0.677. The Hall–Kier alpha value is -3.67. The zero-order valence-corrected chi connectivity index (χ0v) is 16.9. The Labute approximate surface area is 168 Å². The van der Waals surface area contributed by atoms with Gasteiger partial charge in [0.25, 0.3) is 0 Å². The van der Waals surface area contributed by atoms with Crippen molar-refractivity contribution in [2.75, 3.05) is 5.32 Å². The highest BCUT2D eigenvalue weighted by molar-refractivity contribution is 5.86. The molecule has 0 aliphatic rings. The van der Waals surface area contributed by atoms with E-state index >= 15 is 0 Å². The second-order valence-corrected chi connectivity index (χ2v) is 7.59. The maximum absolute atomic E-state index is 4.94. The molecular weight excluding hydrogens is 360 g/mol. The van der Waals surface area contributed by atoms with Crippen LogP contribution < -0.4 is 5.32 Å². The summed E-state index contributed by atoms with van der Waals surface area (Å²) in [4.78, 5) is 12.9. The van der Waals surface area contributed by atoms with Gasteiger partial charge in [0.1, 0.15) is 5.82 Å². The molecule has 0 amide bonds. The number of imidazole rings is 1. The summed E-state index contributed by atoms with van der Waals surface area (Å²) in [6.45, 7) is 8.32. The van der Waals surface area contributed by atoms with Gasteiger partial charge in [-0.05, 0) is 63.1 Å². The Balaban J connectivity index is 1.62. The van der Waals surface area contributed by atoms with E-state index in [0.29, 0.717) is 5.95 Å². The van der Waals surface area contributed by atoms with Crippen molar-refractivity contribution in [2.45, 2.75) is 27.7 Å². The van der Waals surface area contributed by atoms with E-state index in [9.17, 15) is 0 Å². The Kier molecular flexibility index (Phi) is 3.87. The lowest BCUT2D eigenvalue weighted by Gasteiger charge is -2.12. The van der Waals surface area contributed by atoms with Gasteiger partial charge in [0.15, 0.2) is 5.82 Å². The number of aryl methyl sites for hydroxylation is 4. The maximum atomic E-state index is 4.94. The van der Waals surface area contributed by atoms with Crippen LogP contribution in [0.3, 0.4) is 0 Å². The number of anilines is 2. The van der Waals surface area contributed by atoms with Gasteiger partial charge in [-0.2, -0.15) is 9.78 Å². The molecule has 0 saturated carbocycles. The van der Waals surface area contributed by atoms with Crippen LogP contribution in [0.25, 0.3) is 27.8 Å². The van der Waals surface area contributed by atoms with Gasteiger partial charge >= 0.3 is 0 Å². The number of nitrogens with zero attached hydrogens (tertiary/aromatic N) is 4. The van der Waals surface area contributed by atoms with Gasteiger partial charge in [0.05, 0.1) is 22.2 Å². The molecule has 0 aliphatic heterocycles. The van der Waals surface area contributed by atoms with Crippen molar-refractivity contribution in [3.63, 3.8) is 0 Å². The van der Waals surface area contributed by atoms with Gasteiger partial charge in [0, 0.05) is 11.5 Å². The molecule has 5 rings (SSSR count). The third-order valence-corrected chi connectivity index (χ3v) is 5.13. The van der Waals surface area contributed by atoms with Gasteiger partial charge in [0.2, 0.25) is 5.95 Å². The largest absolute Gasteiger partial charge is 0.324 e. The normalized spacial score (nSPS) is 11.4. The Morgan fingerprint density at radius 1 is 0.897 bits per heavy atom. The Morgan fingerprint density at radius 2 is 1.72 bits per heavy atom. The third-order valence-electron chi connectivity index (χ3n) is 5.13. The minimum Gasteiger partial charge on any atom is -0.324 e. The number of aromatic nitrogens is 5. The second-order valence-electron chi connectivity index (χ2n) is 7.59. The molecule has 0 unspecified atom stereocenters. The van der Waals surface area contributed by atoms with E-state index in [1.54, 1.807) is 0 Å². The maximum Gasteiger partial charge on any atom is 0.206 e. The molecule has 0 fully saturated rings. The topological polar surface area (TPSA) is 71.4 Å². The fourth-order valence-electron chi connectivity index (χ4n) is 3.83. The molecule has 6 heteroatoms. The first kappa shape index (κ1) is 17.4. The molecule has 29 heavy (non-hydrogen) atoms. The number of pyridine rings is 1. The van der Waals surface area contributed by atoms with Crippen LogP contribution >= 0.6 is 0 Å². The van der Waals surface area contributed by atoms with Gasteiger partial charge < -0.3 is 10.3 Å². The molecular formula is C23H22N6. The van der Waals surface area contributed by atoms with Crippen molar-refractivity contribution in [1.82, 2.24) is 24.7 Å². The Morgan fingerprint density at radius 3 is 2.55 bits per heavy atom. The molecule has 0 atom stereocenters. The molecule has 144 valence electrons. The highest BCUT2D eigenvalue weighted by Gasteiger charge is 2.14. The van der Waals surface area contributed by atoms with Gasteiger partial charge in [-0.3, -0.25) is 0 Å². The first-order valence-electron chi connectivity index (χ1n) is 9.65. The van der Waals surface area contributed by atoms with Crippen molar-refractivity contribution >= 4 is 33.7 Å². The summed E-state index contributed by atoms with van der Waals surface area (Å²) in [5, 5.41) is 9.22. The van der Waals surface area contributed by atoms with Crippen LogP contribution in [0, 0.1) is 27.7 Å². The van der Waals surface area contributed by atoms with Crippen LogP contribution in [0.5, 0.6) is 0 Å². The van der Waals surface area contributed by atoms with Crippen molar-refractivity contribution in [2.24, 2.45) is 0 Å². The molecule has 0 aliphatic carbocycles. The summed E-state index contributed by atoms with van der Waals surface area (Å²) >= 11 is 0. The lowest BCUT2D eigenvalue weighted by atomic mass is 10.0. The molecule has 0 bridgehead atoms. The van der Waals surface area contributed by atoms with Crippen LogP contribution in [0.15, 0.2) is 48.5 Å². The van der Waals surface area contributed by atoms with E-state index in [2.05, 4.69) is 59.4 Å². The molecule has 0 spiro atoms. The van der Waals surface area contributed by atoms with Crippen molar-refractivity contribution < 1.29 is 0 Å². The van der Waals surface area contributed by atoms with Crippen LogP contribution in [-0.2, 0) is 0 Å². The summed E-state index contributed by atoms with van der Waals surface area (Å²) in [5.41, 5.74) is 7.42. The third kappa shape index (κ3) is 3.02. The van der Waals surface area contributed by atoms with Gasteiger partial charge in [-0.15, -0.1) is 0 Å². The van der Waals surface area contributed by atoms with Crippen molar-refractivity contribution in [3.05, 3.63) is 70.9 Å². The predicted octanol–water partition coefficient (Wildman–Crippen LogP) is 5.27. The lowest BCUT2D eigenvalue weighted by molar-refractivity contribution is 0.841. The van der Waals surface area contributed by atoms with E-state index in [4.69, 9.17) is 4.98 Å². The molecule has 3 aromatic heterocycles. The Bertz CT molecular complexity index is 1340. The number of hydrogen-bond acceptors (Lipinski definition) is 4. The van der Waals surface area contributed by atoms with E-state index in [1.807, 2.05) is 41.9 Å². The molecule has 6 nitrogen and oxygen atoms in total. The highest BCUT2D eigenvalue weighted by Crippen LogP contribution is 2.27. The summed E-state index contributed by atoms with van der Waals surface area (Å²) in [7, 11) is 0. The number of nitrogens with one attached hydrogen (secondary N) is 2. The van der Waals surface area contributed by atoms with E-state index in [1.165, 1.54) is 22.1 Å². The fourth-order valence-corrected chi connectivity index (χ4v) is 3.83. The average molecular weight is 382 g/mol. The number of aromatic amines is 1. The summed E-state index contributed by atoms with van der Waals surface area (Å²) < 4.78 is 1.84. The summed E-state index contributed by atoms with van der Waals surface area (Å²) in [6, 6.07) is 16.4. The monoisotopic (exact) mass is 382 g/mol. The van der Waals surface area contributed by atoms with Crippen LogP contribution in [-0.4, -0.2) is 24.7 Å². The molecule has 2 N–H and O–H groups in total. The number of rotatable bonds is 3. The van der Waals surface area contributed by atoms with Crippen molar-refractivity contribution in [1.29, 1.82) is 0 Å². The van der Waals surface area contributed by atoms with Crippen LogP contribution in [0.1, 0.15) is 22.4 Å². The van der Waals surface area contributed by atoms with Gasteiger partial charge in [-0.1, -0.05) is 23.8 Å². The van der Waals surface area contributed by atoms with E-state index in [-0.39, 0.29) is 0 Å². The zero-order valence-electron chi connectivity index (χ0n) is 16.9. The fraction of sp³-hybridized carbons (Fsp3) is 0.174. The quantitative estimate of drug-likeness (QED) is 0.446.